The van der Waals surface area contributed by atoms with Gasteiger partial charge in [-0.15, -0.1) is 24.0 Å². The summed E-state index contributed by atoms with van der Waals surface area (Å²) in [7, 11) is 0. The summed E-state index contributed by atoms with van der Waals surface area (Å²) in [6, 6.07) is 5.39. The molecule has 0 amide bonds. The number of ether oxygens (including phenoxy) is 2. The number of guanidine groups is 1. The summed E-state index contributed by atoms with van der Waals surface area (Å²) < 4.78 is 25.8. The number of hydrogen-bond acceptors (Lipinski definition) is 5. The van der Waals surface area contributed by atoms with Gasteiger partial charge in [0.2, 0.25) is 0 Å². The third-order valence-corrected chi connectivity index (χ3v) is 5.43. The maximum Gasteiger partial charge on any atom is 0.191 e. The molecule has 2 unspecified atom stereocenters. The summed E-state index contributed by atoms with van der Waals surface area (Å²) in [6.45, 7) is 8.55. The highest BCUT2D eigenvalue weighted by molar-refractivity contribution is 14.0. The van der Waals surface area contributed by atoms with Crippen LogP contribution in [-0.2, 0) is 16.0 Å². The van der Waals surface area contributed by atoms with Crippen LogP contribution in [0, 0.1) is 5.82 Å². The van der Waals surface area contributed by atoms with E-state index in [1.54, 1.807) is 6.07 Å². The lowest BCUT2D eigenvalue weighted by molar-refractivity contribution is 0.0347. The SMILES string of the molecule is CCNC(=NCc1ccc(N2CCC(O)CC2)c(F)c1)NC(C)COC1CCOC1.I. The molecule has 3 N–H and O–H groups in total. The maximum absolute atomic E-state index is 14.7. The molecule has 0 aliphatic carbocycles. The topological polar surface area (TPSA) is 78.4 Å². The first-order valence-electron chi connectivity index (χ1n) is 11.0. The van der Waals surface area contributed by atoms with Crippen molar-refractivity contribution in [2.75, 3.05) is 44.4 Å². The first-order chi connectivity index (χ1) is 14.5. The Balaban J connectivity index is 0.00000341. The number of aliphatic hydroxyl groups excluding tert-OH is 1. The number of nitrogens with one attached hydrogen (secondary N) is 2. The normalized spacial score (nSPS) is 21.0. The summed E-state index contributed by atoms with van der Waals surface area (Å²) in [5.74, 6) is 0.448. The van der Waals surface area contributed by atoms with Crippen molar-refractivity contribution in [2.24, 2.45) is 4.99 Å². The van der Waals surface area contributed by atoms with Gasteiger partial charge in [0.25, 0.3) is 0 Å². The summed E-state index contributed by atoms with van der Waals surface area (Å²) in [6.07, 6.45) is 2.21. The molecular formula is C22H36FIN4O3. The lowest BCUT2D eigenvalue weighted by Crippen LogP contribution is -2.44. The van der Waals surface area contributed by atoms with Gasteiger partial charge in [0, 0.05) is 32.3 Å². The van der Waals surface area contributed by atoms with Crippen LogP contribution in [0.15, 0.2) is 23.2 Å². The standard InChI is InChI=1S/C22H35FN4O3.HI/c1-3-24-22(26-16(2)14-30-19-8-11-29-15-19)25-13-17-4-5-21(20(23)12-17)27-9-6-18(28)7-10-27;/h4-5,12,16,18-19,28H,3,6-11,13-15H2,1-2H3,(H2,24,25,26);1H. The van der Waals surface area contributed by atoms with Crippen LogP contribution < -0.4 is 15.5 Å². The maximum atomic E-state index is 14.7. The molecule has 0 radical (unpaired) electrons. The Bertz CT molecular complexity index is 695. The summed E-state index contributed by atoms with van der Waals surface area (Å²) >= 11 is 0. The molecule has 0 aromatic heterocycles. The number of aliphatic hydroxyl groups is 1. The molecule has 7 nitrogen and oxygen atoms in total. The second-order valence-corrected chi connectivity index (χ2v) is 8.06. The van der Waals surface area contributed by atoms with E-state index >= 15 is 0 Å². The fourth-order valence-electron chi connectivity index (χ4n) is 3.70. The van der Waals surface area contributed by atoms with Gasteiger partial charge in [-0.3, -0.25) is 0 Å². The molecule has 2 aliphatic rings. The van der Waals surface area contributed by atoms with Crippen LogP contribution in [0.3, 0.4) is 0 Å². The molecule has 2 fully saturated rings. The van der Waals surface area contributed by atoms with Gasteiger partial charge in [-0.1, -0.05) is 6.07 Å². The van der Waals surface area contributed by atoms with E-state index in [9.17, 15) is 9.50 Å². The second kappa shape index (κ2) is 13.4. The predicted molar refractivity (Wildman–Crippen MR) is 132 cm³/mol. The van der Waals surface area contributed by atoms with E-state index in [4.69, 9.17) is 9.47 Å². The van der Waals surface area contributed by atoms with Crippen molar-refractivity contribution in [1.29, 1.82) is 0 Å². The molecular weight excluding hydrogens is 514 g/mol. The Morgan fingerprint density at radius 2 is 2.13 bits per heavy atom. The van der Waals surface area contributed by atoms with Crippen LogP contribution in [-0.4, -0.2) is 68.8 Å². The van der Waals surface area contributed by atoms with Crippen LogP contribution in [0.5, 0.6) is 0 Å². The minimum Gasteiger partial charge on any atom is -0.393 e. The van der Waals surface area contributed by atoms with Gasteiger partial charge in [-0.25, -0.2) is 9.38 Å². The minimum absolute atomic E-state index is 0. The van der Waals surface area contributed by atoms with Crippen molar-refractivity contribution in [1.82, 2.24) is 10.6 Å². The van der Waals surface area contributed by atoms with Gasteiger partial charge in [-0.05, 0) is 50.8 Å². The zero-order valence-electron chi connectivity index (χ0n) is 18.5. The van der Waals surface area contributed by atoms with Crippen LogP contribution in [0.4, 0.5) is 10.1 Å². The van der Waals surface area contributed by atoms with Crippen molar-refractivity contribution in [3.8, 4) is 0 Å². The quantitative estimate of drug-likeness (QED) is 0.263. The van der Waals surface area contributed by atoms with Crippen LogP contribution >= 0.6 is 24.0 Å². The fourth-order valence-corrected chi connectivity index (χ4v) is 3.70. The lowest BCUT2D eigenvalue weighted by atomic mass is 10.1. The van der Waals surface area contributed by atoms with Crippen LogP contribution in [0.1, 0.15) is 38.7 Å². The van der Waals surface area contributed by atoms with E-state index in [2.05, 4.69) is 15.6 Å². The van der Waals surface area contributed by atoms with Crippen LogP contribution in [0.2, 0.25) is 0 Å². The predicted octanol–water partition coefficient (Wildman–Crippen LogP) is 2.65. The molecule has 0 saturated carbocycles. The molecule has 176 valence electrons. The summed E-state index contributed by atoms with van der Waals surface area (Å²) in [5.41, 5.74) is 1.42. The molecule has 1 aromatic rings. The minimum atomic E-state index is -0.269. The molecule has 9 heteroatoms. The average molecular weight is 550 g/mol. The monoisotopic (exact) mass is 550 g/mol. The Labute approximate surface area is 201 Å². The van der Waals surface area contributed by atoms with Gasteiger partial charge < -0.3 is 30.1 Å². The zero-order chi connectivity index (χ0) is 21.3. The number of halogens is 2. The van der Waals surface area contributed by atoms with Gasteiger partial charge in [0.1, 0.15) is 5.82 Å². The molecule has 2 heterocycles. The second-order valence-electron chi connectivity index (χ2n) is 8.06. The first kappa shape index (κ1) is 26.1. The zero-order valence-corrected chi connectivity index (χ0v) is 20.8. The van der Waals surface area contributed by atoms with E-state index in [-0.39, 0.29) is 48.0 Å². The molecule has 1 aromatic carbocycles. The van der Waals surface area contributed by atoms with E-state index in [0.29, 0.717) is 57.3 Å². The van der Waals surface area contributed by atoms with Gasteiger partial charge >= 0.3 is 0 Å². The van der Waals surface area contributed by atoms with E-state index in [1.807, 2.05) is 30.9 Å². The summed E-state index contributed by atoms with van der Waals surface area (Å²) in [4.78, 5) is 6.60. The highest BCUT2D eigenvalue weighted by Crippen LogP contribution is 2.24. The number of nitrogens with zero attached hydrogens (tertiary/aromatic N) is 2. The number of piperidine rings is 1. The molecule has 2 aliphatic heterocycles. The smallest absolute Gasteiger partial charge is 0.191 e. The average Bonchev–Trinajstić information content (AvgIpc) is 3.25. The third kappa shape index (κ3) is 8.36. The molecule has 0 spiro atoms. The van der Waals surface area contributed by atoms with E-state index in [0.717, 1.165) is 25.1 Å². The van der Waals surface area contributed by atoms with Gasteiger partial charge in [-0.2, -0.15) is 0 Å². The Kier molecular flexibility index (Phi) is 11.3. The van der Waals surface area contributed by atoms with Crippen molar-refractivity contribution in [3.63, 3.8) is 0 Å². The molecule has 3 rings (SSSR count). The fraction of sp³-hybridized carbons (Fsp3) is 0.682. The third-order valence-electron chi connectivity index (χ3n) is 5.43. The largest absolute Gasteiger partial charge is 0.393 e. The van der Waals surface area contributed by atoms with Gasteiger partial charge in [0.15, 0.2) is 5.96 Å². The van der Waals surface area contributed by atoms with Gasteiger partial charge in [0.05, 0.1) is 37.7 Å². The molecule has 2 saturated heterocycles. The van der Waals surface area contributed by atoms with Crippen molar-refractivity contribution in [2.45, 2.75) is 57.9 Å². The number of rotatable bonds is 8. The number of anilines is 1. The van der Waals surface area contributed by atoms with E-state index in [1.165, 1.54) is 0 Å². The van der Waals surface area contributed by atoms with Crippen molar-refractivity contribution >= 4 is 35.6 Å². The first-order valence-corrected chi connectivity index (χ1v) is 11.0. The Morgan fingerprint density at radius 1 is 1.35 bits per heavy atom. The lowest BCUT2D eigenvalue weighted by Gasteiger charge is -2.31. The molecule has 31 heavy (non-hydrogen) atoms. The molecule has 2 atom stereocenters. The number of benzene rings is 1. The number of aliphatic imine (C=N–C) groups is 1. The highest BCUT2D eigenvalue weighted by Gasteiger charge is 2.20. The number of hydrogen-bond donors (Lipinski definition) is 3. The Morgan fingerprint density at radius 3 is 2.77 bits per heavy atom. The molecule has 0 bridgehead atoms. The van der Waals surface area contributed by atoms with Crippen LogP contribution in [0.25, 0.3) is 0 Å². The van der Waals surface area contributed by atoms with Crippen molar-refractivity contribution in [3.05, 3.63) is 29.6 Å². The van der Waals surface area contributed by atoms with E-state index < -0.39 is 0 Å². The van der Waals surface area contributed by atoms with Crippen molar-refractivity contribution < 1.29 is 19.0 Å². The summed E-state index contributed by atoms with van der Waals surface area (Å²) in [5, 5.41) is 16.2. The highest BCUT2D eigenvalue weighted by atomic mass is 127. The Hall–Kier alpha value is -1.17.